The molecular weight excluding hydrogens is 220 g/mol. The minimum Gasteiger partial charge on any atom is -0.383 e. The monoisotopic (exact) mass is 240 g/mol. The molecule has 0 radical (unpaired) electrons. The number of hydrogen-bond donors (Lipinski definition) is 1. The van der Waals surface area contributed by atoms with Gasteiger partial charge in [0, 0.05) is 24.2 Å². The summed E-state index contributed by atoms with van der Waals surface area (Å²) in [4.78, 5) is 5.80. The van der Waals surface area contributed by atoms with Crippen LogP contribution in [0.5, 0.6) is 0 Å². The summed E-state index contributed by atoms with van der Waals surface area (Å²) >= 11 is 1.81. The van der Waals surface area contributed by atoms with E-state index in [9.17, 15) is 0 Å². The van der Waals surface area contributed by atoms with Crippen LogP contribution in [0, 0.1) is 12.8 Å². The summed E-state index contributed by atoms with van der Waals surface area (Å²) in [5.74, 6) is 0.782. The summed E-state index contributed by atoms with van der Waals surface area (Å²) in [6, 6.07) is 0.823. The second-order valence-electron chi connectivity index (χ2n) is 4.65. The van der Waals surface area contributed by atoms with Crippen LogP contribution in [0.2, 0.25) is 0 Å². The molecule has 1 aliphatic rings. The molecular formula is C12H20N2OS. The van der Waals surface area contributed by atoms with Crippen LogP contribution in [-0.2, 0) is 4.74 Å². The van der Waals surface area contributed by atoms with Gasteiger partial charge in [-0.3, -0.25) is 0 Å². The zero-order chi connectivity index (χ0) is 11.5. The molecule has 0 aromatic carbocycles. The lowest BCUT2D eigenvalue weighted by molar-refractivity contribution is 0.164. The van der Waals surface area contributed by atoms with Crippen LogP contribution in [0.15, 0.2) is 6.20 Å². The minimum atomic E-state index is 0.389. The number of nitrogens with one attached hydrogen (secondary N) is 1. The van der Waals surface area contributed by atoms with Gasteiger partial charge in [-0.2, -0.15) is 0 Å². The van der Waals surface area contributed by atoms with Gasteiger partial charge in [0.15, 0.2) is 0 Å². The highest BCUT2D eigenvalue weighted by atomic mass is 32.1. The van der Waals surface area contributed by atoms with Crippen molar-refractivity contribution in [2.24, 2.45) is 5.92 Å². The maximum absolute atomic E-state index is 5.17. The number of ether oxygens (including phenoxy) is 1. The Morgan fingerprint density at radius 3 is 2.88 bits per heavy atom. The third kappa shape index (κ3) is 3.03. The first-order valence-corrected chi connectivity index (χ1v) is 6.69. The van der Waals surface area contributed by atoms with Crippen LogP contribution in [0.25, 0.3) is 0 Å². The average Bonchev–Trinajstić information content (AvgIpc) is 2.98. The molecule has 1 aromatic heterocycles. The summed E-state index contributed by atoms with van der Waals surface area (Å²) in [5.41, 5.74) is 0. The lowest BCUT2D eigenvalue weighted by Gasteiger charge is -2.21. The van der Waals surface area contributed by atoms with Crippen LogP contribution < -0.4 is 5.32 Å². The molecule has 90 valence electrons. The molecule has 1 fully saturated rings. The average molecular weight is 240 g/mol. The lowest BCUT2D eigenvalue weighted by Crippen LogP contribution is -2.34. The van der Waals surface area contributed by atoms with E-state index < -0.39 is 0 Å². The zero-order valence-electron chi connectivity index (χ0n) is 10.2. The molecule has 0 saturated heterocycles. The van der Waals surface area contributed by atoms with Crippen molar-refractivity contribution in [3.05, 3.63) is 16.1 Å². The molecule has 1 aliphatic carbocycles. The SMILES string of the molecule is COCC(C)NC(c1ncc(C)s1)C1CC1. The van der Waals surface area contributed by atoms with Crippen LogP contribution in [0.3, 0.4) is 0 Å². The highest BCUT2D eigenvalue weighted by molar-refractivity contribution is 7.11. The fourth-order valence-electron chi connectivity index (χ4n) is 1.96. The van der Waals surface area contributed by atoms with E-state index >= 15 is 0 Å². The highest BCUT2D eigenvalue weighted by Gasteiger charge is 2.34. The molecule has 3 nitrogen and oxygen atoms in total. The molecule has 2 rings (SSSR count). The Balaban J connectivity index is 2.00. The minimum absolute atomic E-state index is 0.389. The van der Waals surface area contributed by atoms with E-state index in [1.807, 2.05) is 17.5 Å². The van der Waals surface area contributed by atoms with Gasteiger partial charge in [0.2, 0.25) is 0 Å². The van der Waals surface area contributed by atoms with Crippen molar-refractivity contribution in [2.45, 2.75) is 38.8 Å². The van der Waals surface area contributed by atoms with Crippen molar-refractivity contribution < 1.29 is 4.74 Å². The van der Waals surface area contributed by atoms with Gasteiger partial charge >= 0.3 is 0 Å². The molecule has 0 spiro atoms. The van der Waals surface area contributed by atoms with Crippen molar-refractivity contribution in [2.75, 3.05) is 13.7 Å². The molecule has 4 heteroatoms. The van der Waals surface area contributed by atoms with Crippen LogP contribution in [-0.4, -0.2) is 24.7 Å². The molecule has 1 saturated carbocycles. The van der Waals surface area contributed by atoms with E-state index in [1.54, 1.807) is 7.11 Å². The number of hydrogen-bond acceptors (Lipinski definition) is 4. The van der Waals surface area contributed by atoms with Crippen molar-refractivity contribution in [3.8, 4) is 0 Å². The number of rotatable bonds is 6. The third-order valence-electron chi connectivity index (χ3n) is 2.88. The predicted molar refractivity (Wildman–Crippen MR) is 66.8 cm³/mol. The Labute approximate surface area is 101 Å². The van der Waals surface area contributed by atoms with Gasteiger partial charge in [-0.1, -0.05) is 0 Å². The second kappa shape index (κ2) is 5.25. The number of aromatic nitrogens is 1. The molecule has 2 unspecified atom stereocenters. The summed E-state index contributed by atoms with van der Waals surface area (Å²) in [5, 5.41) is 4.87. The maximum atomic E-state index is 5.17. The van der Waals surface area contributed by atoms with Crippen LogP contribution >= 0.6 is 11.3 Å². The summed E-state index contributed by atoms with van der Waals surface area (Å²) in [7, 11) is 1.75. The van der Waals surface area contributed by atoms with Crippen LogP contribution in [0.1, 0.15) is 35.7 Å². The van der Waals surface area contributed by atoms with Crippen molar-refractivity contribution in [1.29, 1.82) is 0 Å². The first kappa shape index (κ1) is 12.0. The molecule has 0 bridgehead atoms. The van der Waals surface area contributed by atoms with E-state index in [-0.39, 0.29) is 0 Å². The Morgan fingerprint density at radius 1 is 1.62 bits per heavy atom. The first-order chi connectivity index (χ1) is 7.70. The normalized spacial score (nSPS) is 19.7. The Bertz CT molecular complexity index is 336. The topological polar surface area (TPSA) is 34.1 Å². The summed E-state index contributed by atoms with van der Waals surface area (Å²) in [6.45, 7) is 5.04. The zero-order valence-corrected chi connectivity index (χ0v) is 11.0. The molecule has 1 heterocycles. The van der Waals surface area contributed by atoms with E-state index in [2.05, 4.69) is 24.1 Å². The molecule has 16 heavy (non-hydrogen) atoms. The van der Waals surface area contributed by atoms with Gasteiger partial charge in [0.1, 0.15) is 5.01 Å². The molecule has 1 N–H and O–H groups in total. The standard InChI is InChI=1S/C12H20N2OS/c1-8(7-15-3)14-11(10-4-5-10)12-13-6-9(2)16-12/h6,8,10-11,14H,4-5,7H2,1-3H3. The van der Waals surface area contributed by atoms with Gasteiger partial charge in [-0.25, -0.2) is 4.98 Å². The predicted octanol–water partition coefficient (Wildman–Crippen LogP) is 2.53. The van der Waals surface area contributed by atoms with Crippen molar-refractivity contribution >= 4 is 11.3 Å². The third-order valence-corrected chi connectivity index (χ3v) is 3.88. The molecule has 0 aliphatic heterocycles. The quantitative estimate of drug-likeness (QED) is 0.829. The van der Waals surface area contributed by atoms with Gasteiger partial charge < -0.3 is 10.1 Å². The fourth-order valence-corrected chi connectivity index (χ4v) is 2.89. The number of thiazole rings is 1. The number of aryl methyl sites for hydroxylation is 1. The Kier molecular flexibility index (Phi) is 3.95. The second-order valence-corrected chi connectivity index (χ2v) is 5.91. The largest absolute Gasteiger partial charge is 0.383 e. The summed E-state index contributed by atoms with van der Waals surface area (Å²) < 4.78 is 5.17. The first-order valence-electron chi connectivity index (χ1n) is 5.88. The van der Waals surface area contributed by atoms with E-state index in [1.165, 1.54) is 22.7 Å². The highest BCUT2D eigenvalue weighted by Crippen LogP contribution is 2.42. The Morgan fingerprint density at radius 2 is 2.38 bits per heavy atom. The van der Waals surface area contributed by atoms with Gasteiger partial charge in [-0.05, 0) is 32.6 Å². The van der Waals surface area contributed by atoms with E-state index in [4.69, 9.17) is 4.74 Å². The van der Waals surface area contributed by atoms with Crippen molar-refractivity contribution in [1.82, 2.24) is 10.3 Å². The Hall–Kier alpha value is -0.450. The van der Waals surface area contributed by atoms with Gasteiger partial charge in [-0.15, -0.1) is 11.3 Å². The number of nitrogens with zero attached hydrogens (tertiary/aromatic N) is 1. The smallest absolute Gasteiger partial charge is 0.110 e. The lowest BCUT2D eigenvalue weighted by atomic mass is 10.1. The molecule has 0 amide bonds. The van der Waals surface area contributed by atoms with Gasteiger partial charge in [0.05, 0.1) is 12.6 Å². The van der Waals surface area contributed by atoms with E-state index in [0.29, 0.717) is 12.1 Å². The fraction of sp³-hybridized carbons (Fsp3) is 0.750. The van der Waals surface area contributed by atoms with Crippen LogP contribution in [0.4, 0.5) is 0 Å². The van der Waals surface area contributed by atoms with Crippen molar-refractivity contribution in [3.63, 3.8) is 0 Å². The van der Waals surface area contributed by atoms with Gasteiger partial charge in [0.25, 0.3) is 0 Å². The molecule has 2 atom stereocenters. The maximum Gasteiger partial charge on any atom is 0.110 e. The number of methoxy groups -OCH3 is 1. The molecule has 1 aromatic rings. The van der Waals surface area contributed by atoms with E-state index in [0.717, 1.165) is 12.5 Å². The summed E-state index contributed by atoms with van der Waals surface area (Å²) in [6.07, 6.45) is 4.63.